The lowest BCUT2D eigenvalue weighted by molar-refractivity contribution is 0.0755. The highest BCUT2D eigenvalue weighted by molar-refractivity contribution is 14.1. The van der Waals surface area contributed by atoms with Crippen LogP contribution in [0, 0.1) is 5.92 Å². The molecule has 1 saturated heterocycles. The molecule has 1 aliphatic heterocycles. The number of phenolic OH excluding ortho intramolecular Hbond substituents is 2. The minimum Gasteiger partial charge on any atom is -0.508 e. The molecule has 0 radical (unpaired) electrons. The molecule has 3 unspecified atom stereocenters. The summed E-state index contributed by atoms with van der Waals surface area (Å²) in [6, 6.07) is 3.07. The molecule has 0 aromatic heterocycles. The molecule has 170 valence electrons. The number of alkyl carbamates (subject to hydrolysis) is 1. The van der Waals surface area contributed by atoms with Gasteiger partial charge in [0.25, 0.3) is 0 Å². The highest BCUT2D eigenvalue weighted by Crippen LogP contribution is 2.27. The number of amides is 1. The van der Waals surface area contributed by atoms with Crippen LogP contribution >= 0.6 is 22.6 Å². The van der Waals surface area contributed by atoms with Gasteiger partial charge in [-0.1, -0.05) is 36.4 Å². The normalized spacial score (nSPS) is 19.1. The van der Waals surface area contributed by atoms with Crippen LogP contribution in [-0.2, 0) is 19.5 Å². The van der Waals surface area contributed by atoms with E-state index in [4.69, 9.17) is 9.47 Å². The largest absolute Gasteiger partial charge is 0.508 e. The predicted molar refractivity (Wildman–Crippen MR) is 116 cm³/mol. The lowest BCUT2D eigenvalue weighted by Crippen LogP contribution is -2.48. The second kappa shape index (κ2) is 10.8. The van der Waals surface area contributed by atoms with E-state index >= 15 is 0 Å². The monoisotopic (exact) mass is 558 g/mol. The number of carbonyl (C=O) groups is 1. The van der Waals surface area contributed by atoms with Crippen LogP contribution in [0.5, 0.6) is 11.5 Å². The van der Waals surface area contributed by atoms with Gasteiger partial charge in [-0.15, -0.1) is 0 Å². The number of rotatable bonds is 9. The first-order valence-electron chi connectivity index (χ1n) is 9.39. The lowest BCUT2D eigenvalue weighted by Gasteiger charge is -2.28. The number of aliphatic hydroxyl groups excluding tert-OH is 1. The molecular formula is C18H27IN2O8S. The number of hydrogen-bond acceptors (Lipinski definition) is 8. The lowest BCUT2D eigenvalue weighted by atomic mass is 10.2. The number of hydrogen-bond donors (Lipinski definition) is 4. The van der Waals surface area contributed by atoms with Crippen molar-refractivity contribution < 1.29 is 38.0 Å². The van der Waals surface area contributed by atoms with Crippen LogP contribution in [0.3, 0.4) is 0 Å². The van der Waals surface area contributed by atoms with Crippen molar-refractivity contribution in [2.75, 3.05) is 26.3 Å². The molecule has 12 heteroatoms. The van der Waals surface area contributed by atoms with E-state index in [0.29, 0.717) is 19.6 Å². The topological polar surface area (TPSA) is 146 Å². The van der Waals surface area contributed by atoms with E-state index in [9.17, 15) is 28.5 Å². The summed E-state index contributed by atoms with van der Waals surface area (Å²) in [4.78, 5) is 11.7. The number of halogens is 1. The van der Waals surface area contributed by atoms with E-state index in [-0.39, 0.29) is 30.0 Å². The number of alkyl halides is 1. The first kappa shape index (κ1) is 24.9. The standard InChI is InChI=1S/C18H27IN2O8S/c1-11(2)8-21(30(26,27)15-6-12(22)5-13(23)7-15)9-16(24)17(19)20-18(25)29-14-3-4-28-10-14/h5-7,11,14,16-17,22-24H,3-4,8-10H2,1-2H3,(H,20,25). The minimum atomic E-state index is -4.13. The quantitative estimate of drug-likeness (QED) is 0.202. The van der Waals surface area contributed by atoms with Gasteiger partial charge in [-0.05, 0) is 5.92 Å². The van der Waals surface area contributed by atoms with Gasteiger partial charge in [-0.3, -0.25) is 0 Å². The molecule has 30 heavy (non-hydrogen) atoms. The fourth-order valence-electron chi connectivity index (χ4n) is 2.85. The molecule has 2 rings (SSSR count). The van der Waals surface area contributed by atoms with Gasteiger partial charge >= 0.3 is 6.09 Å². The number of carbonyl (C=O) groups excluding carboxylic acids is 1. The van der Waals surface area contributed by atoms with Crippen molar-refractivity contribution in [3.05, 3.63) is 18.2 Å². The van der Waals surface area contributed by atoms with Gasteiger partial charge < -0.3 is 30.1 Å². The number of benzene rings is 1. The van der Waals surface area contributed by atoms with Crippen LogP contribution in [0.15, 0.2) is 23.1 Å². The summed E-state index contributed by atoms with van der Waals surface area (Å²) in [6.07, 6.45) is -1.71. The van der Waals surface area contributed by atoms with Crippen molar-refractivity contribution in [1.82, 2.24) is 9.62 Å². The first-order valence-corrected chi connectivity index (χ1v) is 12.1. The average Bonchev–Trinajstić information content (AvgIpc) is 3.12. The van der Waals surface area contributed by atoms with E-state index in [0.717, 1.165) is 22.5 Å². The van der Waals surface area contributed by atoms with E-state index in [2.05, 4.69) is 5.32 Å². The third-order valence-corrected chi connectivity index (χ3v) is 7.18. The van der Waals surface area contributed by atoms with Crippen molar-refractivity contribution in [3.63, 3.8) is 0 Å². The Kier molecular flexibility index (Phi) is 8.97. The Balaban J connectivity index is 2.09. The maximum Gasteiger partial charge on any atom is 0.408 e. The molecule has 0 bridgehead atoms. The molecule has 0 aliphatic carbocycles. The van der Waals surface area contributed by atoms with Crippen molar-refractivity contribution in [3.8, 4) is 11.5 Å². The zero-order valence-electron chi connectivity index (χ0n) is 16.7. The van der Waals surface area contributed by atoms with Crippen molar-refractivity contribution in [2.24, 2.45) is 5.92 Å². The Hall–Kier alpha value is -1.35. The van der Waals surface area contributed by atoms with Crippen molar-refractivity contribution in [1.29, 1.82) is 0 Å². The molecule has 4 N–H and O–H groups in total. The number of nitrogens with zero attached hydrogens (tertiary/aromatic N) is 1. The number of sulfonamides is 1. The summed E-state index contributed by atoms with van der Waals surface area (Å²) in [5.74, 6) is -0.859. The molecule has 1 amide bonds. The molecule has 1 heterocycles. The Morgan fingerprint density at radius 2 is 1.93 bits per heavy atom. The highest BCUT2D eigenvalue weighted by Gasteiger charge is 2.31. The predicted octanol–water partition coefficient (Wildman–Crippen LogP) is 1.38. The minimum absolute atomic E-state index is 0.0640. The number of aliphatic hydroxyl groups is 1. The average molecular weight is 558 g/mol. The zero-order valence-corrected chi connectivity index (χ0v) is 19.7. The van der Waals surface area contributed by atoms with Crippen LogP contribution in [0.1, 0.15) is 20.3 Å². The highest BCUT2D eigenvalue weighted by atomic mass is 127. The number of ether oxygens (including phenoxy) is 2. The molecule has 10 nitrogen and oxygen atoms in total. The summed E-state index contributed by atoms with van der Waals surface area (Å²) in [5, 5.41) is 32.3. The third-order valence-electron chi connectivity index (χ3n) is 4.23. The van der Waals surface area contributed by atoms with E-state index in [1.807, 2.05) is 13.8 Å². The van der Waals surface area contributed by atoms with Gasteiger partial charge in [0.05, 0.1) is 24.2 Å². The van der Waals surface area contributed by atoms with Gasteiger partial charge in [0.2, 0.25) is 10.0 Å². The summed E-state index contributed by atoms with van der Waals surface area (Å²) < 4.78 is 36.6. The van der Waals surface area contributed by atoms with Gasteiger partial charge in [0.1, 0.15) is 21.7 Å². The van der Waals surface area contributed by atoms with E-state index < -0.39 is 37.8 Å². The van der Waals surface area contributed by atoms with E-state index in [1.165, 1.54) is 0 Å². The fraction of sp³-hybridized carbons (Fsp3) is 0.611. The van der Waals surface area contributed by atoms with Crippen molar-refractivity contribution >= 4 is 38.7 Å². The number of phenols is 2. The summed E-state index contributed by atoms with van der Waals surface area (Å²) in [6.45, 7) is 4.24. The Bertz CT molecular complexity index is 809. The van der Waals surface area contributed by atoms with Gasteiger partial charge in [-0.25, -0.2) is 13.2 Å². The number of aromatic hydroxyl groups is 2. The molecule has 1 fully saturated rings. The van der Waals surface area contributed by atoms with Crippen molar-refractivity contribution in [2.45, 2.75) is 41.4 Å². The van der Waals surface area contributed by atoms with Crippen LogP contribution in [0.4, 0.5) is 4.79 Å². The van der Waals surface area contributed by atoms with Crippen LogP contribution < -0.4 is 5.32 Å². The zero-order chi connectivity index (χ0) is 22.5. The Morgan fingerprint density at radius 1 is 1.30 bits per heavy atom. The maximum atomic E-state index is 13.0. The molecule has 0 spiro atoms. The second-order valence-electron chi connectivity index (χ2n) is 7.41. The molecule has 1 aliphatic rings. The fourth-order valence-corrected chi connectivity index (χ4v) is 5.01. The van der Waals surface area contributed by atoms with Crippen LogP contribution in [0.25, 0.3) is 0 Å². The number of nitrogens with one attached hydrogen (secondary N) is 1. The first-order chi connectivity index (χ1) is 14.0. The summed E-state index contributed by atoms with van der Waals surface area (Å²) in [7, 11) is -4.13. The SMILES string of the molecule is CC(C)CN(CC(O)C(I)NC(=O)OC1CCOC1)S(=O)(=O)c1cc(O)cc(O)c1. The van der Waals surface area contributed by atoms with E-state index in [1.54, 1.807) is 22.6 Å². The molecule has 1 aromatic rings. The van der Waals surface area contributed by atoms with Gasteiger partial charge in [0.15, 0.2) is 0 Å². The Morgan fingerprint density at radius 3 is 2.47 bits per heavy atom. The summed E-state index contributed by atoms with van der Waals surface area (Å²) in [5.41, 5.74) is 0. The molecule has 3 atom stereocenters. The van der Waals surface area contributed by atoms with Crippen LogP contribution in [-0.4, -0.2) is 76.7 Å². The third kappa shape index (κ3) is 7.11. The van der Waals surface area contributed by atoms with Gasteiger partial charge in [-0.2, -0.15) is 4.31 Å². The molecular weight excluding hydrogens is 531 g/mol. The van der Waals surface area contributed by atoms with Crippen LogP contribution in [0.2, 0.25) is 0 Å². The Labute approximate surface area is 189 Å². The maximum absolute atomic E-state index is 13.0. The van der Waals surface area contributed by atoms with Gasteiger partial charge in [0, 0.05) is 37.7 Å². The smallest absolute Gasteiger partial charge is 0.408 e. The summed E-state index contributed by atoms with van der Waals surface area (Å²) >= 11 is 1.80. The second-order valence-corrected chi connectivity index (χ2v) is 10.7. The molecule has 0 saturated carbocycles. The molecule has 1 aromatic carbocycles.